The summed E-state index contributed by atoms with van der Waals surface area (Å²) >= 11 is 0. The molecule has 1 aromatic carbocycles. The number of allylic oxidation sites excluding steroid dienone is 4. The summed E-state index contributed by atoms with van der Waals surface area (Å²) in [5.74, 6) is 2.09. The lowest BCUT2D eigenvalue weighted by Gasteiger charge is -2.55. The van der Waals surface area contributed by atoms with Crippen molar-refractivity contribution in [2.45, 2.75) is 64.7 Å². The molecule has 0 amide bonds. The van der Waals surface area contributed by atoms with E-state index >= 15 is 0 Å². The number of carbonyl (C=O) groups excluding carboxylic acids is 1. The second-order valence-corrected chi connectivity index (χ2v) is 11.1. The van der Waals surface area contributed by atoms with Crippen molar-refractivity contribution in [3.05, 3.63) is 58.2 Å². The van der Waals surface area contributed by atoms with E-state index < -0.39 is 0 Å². The average molecular weight is 432 g/mol. The maximum Gasteiger partial charge on any atom is 0.156 e. The van der Waals surface area contributed by atoms with Crippen molar-refractivity contribution in [1.82, 2.24) is 0 Å². The lowest BCUT2D eigenvalue weighted by atomic mass is 9.49. The number of benzene rings is 1. The van der Waals surface area contributed by atoms with Gasteiger partial charge in [0.25, 0.3) is 0 Å². The molecular weight excluding hydrogens is 394 g/mol. The molecule has 32 heavy (non-hydrogen) atoms. The highest BCUT2D eigenvalue weighted by molar-refractivity contribution is 5.93. The Hall–Kier alpha value is -2.00. The molecule has 3 heteroatoms. The van der Waals surface area contributed by atoms with Gasteiger partial charge in [-0.1, -0.05) is 43.7 Å². The SMILES string of the molecule is C/N=C/c1ccc([C@H]2C[C@@]3(C)C(CC[C@@]3(C)COC)C3CCC4=CC(=O)CCC4=C32)cc1. The second-order valence-electron chi connectivity index (χ2n) is 11.1. The van der Waals surface area contributed by atoms with Gasteiger partial charge in [0.15, 0.2) is 5.78 Å². The number of rotatable bonds is 4. The molecule has 0 radical (unpaired) electrons. The molecule has 5 atom stereocenters. The Morgan fingerprint density at radius 3 is 2.62 bits per heavy atom. The summed E-state index contributed by atoms with van der Waals surface area (Å²) in [6.07, 6.45) is 11.5. The van der Waals surface area contributed by atoms with Crippen LogP contribution in [0.25, 0.3) is 0 Å². The molecule has 4 aliphatic rings. The van der Waals surface area contributed by atoms with Gasteiger partial charge in [-0.05, 0) is 89.5 Å². The lowest BCUT2D eigenvalue weighted by Crippen LogP contribution is -2.48. The third-order valence-electron chi connectivity index (χ3n) is 9.59. The zero-order chi connectivity index (χ0) is 22.5. The van der Waals surface area contributed by atoms with Crippen LogP contribution < -0.4 is 0 Å². The minimum atomic E-state index is 0.217. The van der Waals surface area contributed by atoms with Crippen LogP contribution in [0.3, 0.4) is 0 Å². The van der Waals surface area contributed by atoms with Crippen molar-refractivity contribution >= 4 is 12.0 Å². The molecule has 2 unspecified atom stereocenters. The molecule has 3 nitrogen and oxygen atoms in total. The van der Waals surface area contributed by atoms with Gasteiger partial charge < -0.3 is 4.74 Å². The molecule has 4 aliphatic carbocycles. The topological polar surface area (TPSA) is 38.7 Å². The summed E-state index contributed by atoms with van der Waals surface area (Å²) in [4.78, 5) is 16.4. The fourth-order valence-electron chi connectivity index (χ4n) is 7.81. The molecule has 0 N–H and O–H groups in total. The maximum atomic E-state index is 12.2. The van der Waals surface area contributed by atoms with E-state index in [1.165, 1.54) is 42.4 Å². The number of ether oxygens (including phenoxy) is 1. The van der Waals surface area contributed by atoms with E-state index in [-0.39, 0.29) is 10.8 Å². The normalized spacial score (nSPS) is 36.7. The molecule has 0 heterocycles. The maximum absolute atomic E-state index is 12.2. The molecule has 0 saturated heterocycles. The van der Waals surface area contributed by atoms with Crippen LogP contribution in [-0.2, 0) is 9.53 Å². The number of hydrogen-bond donors (Lipinski definition) is 0. The number of ketones is 1. The van der Waals surface area contributed by atoms with E-state index in [1.54, 1.807) is 5.57 Å². The highest BCUT2D eigenvalue weighted by atomic mass is 16.5. The van der Waals surface area contributed by atoms with Gasteiger partial charge in [-0.25, -0.2) is 0 Å². The van der Waals surface area contributed by atoms with Crippen LogP contribution in [0, 0.1) is 22.7 Å². The van der Waals surface area contributed by atoms with E-state index in [9.17, 15) is 4.79 Å². The van der Waals surface area contributed by atoms with Crippen molar-refractivity contribution in [3.8, 4) is 0 Å². The van der Waals surface area contributed by atoms with Crippen molar-refractivity contribution in [2.24, 2.45) is 27.7 Å². The van der Waals surface area contributed by atoms with Gasteiger partial charge >= 0.3 is 0 Å². The number of hydrogen-bond acceptors (Lipinski definition) is 3. The lowest BCUT2D eigenvalue weighted by molar-refractivity contribution is -0.114. The summed E-state index contributed by atoms with van der Waals surface area (Å²) in [6, 6.07) is 9.07. The van der Waals surface area contributed by atoms with Crippen molar-refractivity contribution in [3.63, 3.8) is 0 Å². The van der Waals surface area contributed by atoms with Crippen molar-refractivity contribution in [1.29, 1.82) is 0 Å². The Kier molecular flexibility index (Phi) is 5.52. The monoisotopic (exact) mass is 431 g/mol. The van der Waals surface area contributed by atoms with Gasteiger partial charge in [0.1, 0.15) is 0 Å². The molecule has 2 fully saturated rings. The molecule has 0 spiro atoms. The largest absolute Gasteiger partial charge is 0.384 e. The first-order valence-corrected chi connectivity index (χ1v) is 12.4. The van der Waals surface area contributed by atoms with Crippen LogP contribution in [0.5, 0.6) is 0 Å². The second kappa shape index (κ2) is 8.09. The third kappa shape index (κ3) is 3.27. The van der Waals surface area contributed by atoms with E-state index in [1.807, 2.05) is 26.4 Å². The minimum absolute atomic E-state index is 0.217. The van der Waals surface area contributed by atoms with E-state index in [0.29, 0.717) is 30.0 Å². The van der Waals surface area contributed by atoms with Crippen LogP contribution in [0.4, 0.5) is 0 Å². The Morgan fingerprint density at radius 1 is 1.12 bits per heavy atom. The molecular formula is C29H37NO2. The summed E-state index contributed by atoms with van der Waals surface area (Å²) < 4.78 is 5.79. The smallest absolute Gasteiger partial charge is 0.156 e. The zero-order valence-corrected chi connectivity index (χ0v) is 20.1. The van der Waals surface area contributed by atoms with Crippen LogP contribution in [0.1, 0.15) is 75.8 Å². The first-order chi connectivity index (χ1) is 15.4. The fourth-order valence-corrected chi connectivity index (χ4v) is 7.81. The number of fused-ring (bicyclic) bond motifs is 4. The minimum Gasteiger partial charge on any atom is -0.384 e. The summed E-state index contributed by atoms with van der Waals surface area (Å²) in [7, 11) is 3.69. The first-order valence-electron chi connectivity index (χ1n) is 12.4. The third-order valence-corrected chi connectivity index (χ3v) is 9.59. The summed E-state index contributed by atoms with van der Waals surface area (Å²) in [5.41, 5.74) is 7.61. The quantitative estimate of drug-likeness (QED) is 0.526. The summed E-state index contributed by atoms with van der Waals surface area (Å²) in [6.45, 7) is 5.88. The number of carbonyl (C=O) groups is 1. The Balaban J connectivity index is 1.65. The van der Waals surface area contributed by atoms with Gasteiger partial charge in [-0.15, -0.1) is 0 Å². The Morgan fingerprint density at radius 2 is 1.91 bits per heavy atom. The molecule has 0 bridgehead atoms. The standard InChI is InChI=1S/C29H37NO2/c1-28(18-32-4)14-13-26-24-11-9-21-15-22(31)10-12-23(21)27(24)25(16-29(26,28)2)20-7-5-19(6-8-20)17-30-3/h5-8,15,17,24-26H,9-14,16,18H2,1-4H3/b30-17+/t24?,25-,26?,28+,29+/m1/s1. The number of aliphatic imine (C=N–C) groups is 1. The molecule has 2 saturated carbocycles. The van der Waals surface area contributed by atoms with E-state index in [0.717, 1.165) is 25.0 Å². The fraction of sp³-hybridized carbons (Fsp3) is 0.586. The first kappa shape index (κ1) is 21.8. The van der Waals surface area contributed by atoms with Gasteiger partial charge in [0.05, 0.1) is 6.61 Å². The van der Waals surface area contributed by atoms with Crippen LogP contribution >= 0.6 is 0 Å². The molecule has 170 valence electrons. The molecule has 0 aliphatic heterocycles. The predicted molar refractivity (Wildman–Crippen MR) is 130 cm³/mol. The molecule has 0 aromatic heterocycles. The van der Waals surface area contributed by atoms with Crippen molar-refractivity contribution in [2.75, 3.05) is 20.8 Å². The van der Waals surface area contributed by atoms with E-state index in [2.05, 4.69) is 43.1 Å². The van der Waals surface area contributed by atoms with Gasteiger partial charge in [0, 0.05) is 32.7 Å². The van der Waals surface area contributed by atoms with Crippen LogP contribution in [0.2, 0.25) is 0 Å². The number of methoxy groups -OCH3 is 1. The molecule has 1 aromatic rings. The van der Waals surface area contributed by atoms with Gasteiger partial charge in [-0.2, -0.15) is 0 Å². The Labute approximate surface area is 193 Å². The zero-order valence-electron chi connectivity index (χ0n) is 20.1. The highest BCUT2D eigenvalue weighted by Crippen LogP contribution is 2.69. The van der Waals surface area contributed by atoms with Crippen LogP contribution in [0.15, 0.2) is 52.1 Å². The highest BCUT2D eigenvalue weighted by Gasteiger charge is 2.61. The van der Waals surface area contributed by atoms with Gasteiger partial charge in [0.2, 0.25) is 0 Å². The number of nitrogens with zero attached hydrogens (tertiary/aromatic N) is 1. The van der Waals surface area contributed by atoms with Crippen LogP contribution in [-0.4, -0.2) is 32.8 Å². The average Bonchev–Trinajstić information content (AvgIpc) is 3.04. The predicted octanol–water partition coefficient (Wildman–Crippen LogP) is 6.29. The van der Waals surface area contributed by atoms with Crippen molar-refractivity contribution < 1.29 is 9.53 Å². The Bertz CT molecular complexity index is 1000. The molecule has 5 rings (SSSR count). The summed E-state index contributed by atoms with van der Waals surface area (Å²) in [5, 5.41) is 0. The van der Waals surface area contributed by atoms with E-state index in [4.69, 9.17) is 4.74 Å². The van der Waals surface area contributed by atoms with Gasteiger partial charge in [-0.3, -0.25) is 9.79 Å².